The zero-order chi connectivity index (χ0) is 14.0. The number of ether oxygens (including phenoxy) is 2. The molecular weight excluding hydrogens is 256 g/mol. The van der Waals surface area contributed by atoms with Crippen LogP contribution >= 0.6 is 0 Å². The van der Waals surface area contributed by atoms with Gasteiger partial charge in [-0.3, -0.25) is 10.3 Å². The van der Waals surface area contributed by atoms with E-state index in [1.807, 2.05) is 36.4 Å². The Labute approximate surface area is 118 Å². The summed E-state index contributed by atoms with van der Waals surface area (Å²) in [5, 5.41) is 11.6. The quantitative estimate of drug-likeness (QED) is 0.565. The molecule has 1 heterocycles. The van der Waals surface area contributed by atoms with Crippen LogP contribution in [0.5, 0.6) is 11.5 Å². The van der Waals surface area contributed by atoms with Gasteiger partial charge in [-0.25, -0.2) is 0 Å². The van der Waals surface area contributed by atoms with Crippen LogP contribution in [0.15, 0.2) is 48.8 Å². The number of hydrogen-bond acceptors (Lipinski definition) is 5. The summed E-state index contributed by atoms with van der Waals surface area (Å²) in [4.78, 5) is 3.97. The van der Waals surface area contributed by atoms with Gasteiger partial charge in [-0.05, 0) is 29.8 Å². The van der Waals surface area contributed by atoms with Crippen LogP contribution in [-0.2, 0) is 6.54 Å². The first-order valence-electron chi connectivity index (χ1n) is 6.44. The molecule has 1 aromatic heterocycles. The van der Waals surface area contributed by atoms with Crippen LogP contribution in [0.2, 0.25) is 0 Å². The second-order valence-corrected chi connectivity index (χ2v) is 4.12. The van der Waals surface area contributed by atoms with Crippen molar-refractivity contribution < 1.29 is 14.6 Å². The van der Waals surface area contributed by atoms with E-state index in [4.69, 9.17) is 14.6 Å². The molecule has 106 valence electrons. The Balaban J connectivity index is 1.73. The molecule has 5 nitrogen and oxygen atoms in total. The van der Waals surface area contributed by atoms with Crippen LogP contribution in [0.4, 0.5) is 0 Å². The Kier molecular flexibility index (Phi) is 5.82. The van der Waals surface area contributed by atoms with Gasteiger partial charge >= 0.3 is 0 Å². The minimum Gasteiger partial charge on any atom is -0.490 e. The maximum Gasteiger partial charge on any atom is 0.137 e. The summed E-state index contributed by atoms with van der Waals surface area (Å²) in [6, 6.07) is 11.4. The lowest BCUT2D eigenvalue weighted by molar-refractivity contribution is 0.216. The van der Waals surface area contributed by atoms with Crippen molar-refractivity contribution in [2.75, 3.05) is 19.9 Å². The third-order valence-corrected chi connectivity index (χ3v) is 2.59. The molecule has 0 aliphatic carbocycles. The molecule has 0 amide bonds. The average molecular weight is 274 g/mol. The summed E-state index contributed by atoms with van der Waals surface area (Å²) in [6.07, 6.45) is 3.37. The van der Waals surface area contributed by atoms with Crippen LogP contribution in [-0.4, -0.2) is 30.0 Å². The fourth-order valence-corrected chi connectivity index (χ4v) is 1.70. The number of aliphatic hydroxyl groups excluding tert-OH is 1. The molecule has 2 aromatic rings. The van der Waals surface area contributed by atoms with E-state index in [1.165, 1.54) is 0 Å². The monoisotopic (exact) mass is 274 g/mol. The van der Waals surface area contributed by atoms with Crippen LogP contribution in [0.3, 0.4) is 0 Å². The maximum atomic E-state index is 8.71. The number of pyridine rings is 1. The van der Waals surface area contributed by atoms with E-state index in [1.54, 1.807) is 12.4 Å². The molecule has 0 aliphatic rings. The fraction of sp³-hybridized carbons (Fsp3) is 0.267. The van der Waals surface area contributed by atoms with Gasteiger partial charge in [0.05, 0.1) is 12.9 Å². The molecule has 2 rings (SSSR count). The molecule has 0 saturated heterocycles. The van der Waals surface area contributed by atoms with Gasteiger partial charge in [-0.15, -0.1) is 0 Å². The molecule has 2 N–H and O–H groups in total. The largest absolute Gasteiger partial charge is 0.490 e. The topological polar surface area (TPSA) is 63.6 Å². The van der Waals surface area contributed by atoms with E-state index < -0.39 is 0 Å². The first kappa shape index (κ1) is 14.3. The van der Waals surface area contributed by atoms with Gasteiger partial charge in [0.25, 0.3) is 0 Å². The van der Waals surface area contributed by atoms with Crippen LogP contribution < -0.4 is 14.8 Å². The molecule has 0 radical (unpaired) electrons. The van der Waals surface area contributed by atoms with E-state index in [-0.39, 0.29) is 6.73 Å². The standard InChI is InChI=1S/C15H18N2O3/c18-12-17-10-13-3-1-4-14(9-13)19-7-8-20-15-5-2-6-16-11-15/h1-6,9,11,17-18H,7-8,10,12H2. The molecule has 0 aliphatic heterocycles. The summed E-state index contributed by atoms with van der Waals surface area (Å²) in [7, 11) is 0. The highest BCUT2D eigenvalue weighted by Crippen LogP contribution is 2.13. The van der Waals surface area contributed by atoms with Gasteiger partial charge in [-0.2, -0.15) is 0 Å². The fourth-order valence-electron chi connectivity index (χ4n) is 1.70. The SMILES string of the molecule is OCNCc1cccc(OCCOc2cccnc2)c1. The summed E-state index contributed by atoms with van der Waals surface area (Å²) in [6.45, 7) is 1.50. The summed E-state index contributed by atoms with van der Waals surface area (Å²) < 4.78 is 11.1. The third kappa shape index (κ3) is 4.87. The molecule has 0 bridgehead atoms. The zero-order valence-corrected chi connectivity index (χ0v) is 11.2. The van der Waals surface area contributed by atoms with Crippen molar-refractivity contribution >= 4 is 0 Å². The van der Waals surface area contributed by atoms with Gasteiger partial charge in [-0.1, -0.05) is 12.1 Å². The minimum absolute atomic E-state index is 0.0377. The Bertz CT molecular complexity index is 505. The van der Waals surface area contributed by atoms with Crippen LogP contribution in [0.1, 0.15) is 5.56 Å². The number of nitrogens with one attached hydrogen (secondary N) is 1. The van der Waals surface area contributed by atoms with Gasteiger partial charge in [0, 0.05) is 12.7 Å². The number of hydrogen-bond donors (Lipinski definition) is 2. The van der Waals surface area contributed by atoms with Gasteiger partial charge in [0.1, 0.15) is 24.7 Å². The van der Waals surface area contributed by atoms with Crippen molar-refractivity contribution in [1.82, 2.24) is 10.3 Å². The first-order valence-corrected chi connectivity index (χ1v) is 6.44. The third-order valence-electron chi connectivity index (χ3n) is 2.59. The lowest BCUT2D eigenvalue weighted by Crippen LogP contribution is -2.14. The second kappa shape index (κ2) is 8.14. The second-order valence-electron chi connectivity index (χ2n) is 4.12. The number of aromatic nitrogens is 1. The molecule has 0 fully saturated rings. The van der Waals surface area contributed by atoms with Crippen molar-refractivity contribution in [2.45, 2.75) is 6.54 Å². The molecule has 0 saturated carbocycles. The normalized spacial score (nSPS) is 10.2. The summed E-state index contributed by atoms with van der Waals surface area (Å²) in [5.74, 6) is 1.52. The minimum atomic E-state index is -0.0377. The summed E-state index contributed by atoms with van der Waals surface area (Å²) >= 11 is 0. The Hall–Kier alpha value is -2.11. The lowest BCUT2D eigenvalue weighted by Gasteiger charge is -2.09. The molecule has 0 unspecified atom stereocenters. The zero-order valence-electron chi connectivity index (χ0n) is 11.2. The number of aliphatic hydroxyl groups is 1. The molecule has 0 spiro atoms. The first-order chi connectivity index (χ1) is 9.88. The Morgan fingerprint density at radius 2 is 1.85 bits per heavy atom. The van der Waals surface area contributed by atoms with E-state index in [9.17, 15) is 0 Å². The van der Waals surface area contributed by atoms with E-state index in [0.717, 1.165) is 17.1 Å². The number of nitrogens with zero attached hydrogens (tertiary/aromatic N) is 1. The highest BCUT2D eigenvalue weighted by molar-refractivity contribution is 5.28. The number of benzene rings is 1. The molecule has 5 heteroatoms. The van der Waals surface area contributed by atoms with E-state index in [2.05, 4.69) is 10.3 Å². The Morgan fingerprint density at radius 1 is 1.05 bits per heavy atom. The van der Waals surface area contributed by atoms with Gasteiger partial charge in [0.15, 0.2) is 0 Å². The molecule has 20 heavy (non-hydrogen) atoms. The molecular formula is C15H18N2O3. The van der Waals surface area contributed by atoms with Gasteiger partial charge < -0.3 is 14.6 Å². The summed E-state index contributed by atoms with van der Waals surface area (Å²) in [5.41, 5.74) is 1.06. The predicted molar refractivity (Wildman–Crippen MR) is 75.6 cm³/mol. The van der Waals surface area contributed by atoms with Gasteiger partial charge in [0.2, 0.25) is 0 Å². The van der Waals surface area contributed by atoms with Crippen LogP contribution in [0.25, 0.3) is 0 Å². The molecule has 0 atom stereocenters. The lowest BCUT2D eigenvalue weighted by atomic mass is 10.2. The Morgan fingerprint density at radius 3 is 2.60 bits per heavy atom. The highest BCUT2D eigenvalue weighted by atomic mass is 16.5. The van der Waals surface area contributed by atoms with E-state index >= 15 is 0 Å². The van der Waals surface area contributed by atoms with Crippen molar-refractivity contribution in [2.24, 2.45) is 0 Å². The number of rotatable bonds is 8. The highest BCUT2D eigenvalue weighted by Gasteiger charge is 1.98. The van der Waals surface area contributed by atoms with Crippen molar-refractivity contribution in [1.29, 1.82) is 0 Å². The smallest absolute Gasteiger partial charge is 0.137 e. The van der Waals surface area contributed by atoms with Crippen LogP contribution in [0, 0.1) is 0 Å². The maximum absolute atomic E-state index is 8.71. The average Bonchev–Trinajstić information content (AvgIpc) is 2.51. The van der Waals surface area contributed by atoms with Crippen molar-refractivity contribution in [3.05, 3.63) is 54.4 Å². The van der Waals surface area contributed by atoms with Crippen molar-refractivity contribution in [3.63, 3.8) is 0 Å². The predicted octanol–water partition coefficient (Wildman–Crippen LogP) is 1.58. The van der Waals surface area contributed by atoms with E-state index in [0.29, 0.717) is 19.8 Å². The molecule has 1 aromatic carbocycles. The van der Waals surface area contributed by atoms with Crippen molar-refractivity contribution in [3.8, 4) is 11.5 Å².